The number of carbonyl (C=O) groups excluding carboxylic acids is 1. The van der Waals surface area contributed by atoms with E-state index in [9.17, 15) is 21.6 Å². The van der Waals surface area contributed by atoms with E-state index in [0.717, 1.165) is 22.5 Å². The highest BCUT2D eigenvalue weighted by Crippen LogP contribution is 2.50. The molecule has 202 valence electrons. The van der Waals surface area contributed by atoms with Crippen LogP contribution in [0.15, 0.2) is 94.7 Å². The highest BCUT2D eigenvalue weighted by Gasteiger charge is 2.61. The van der Waals surface area contributed by atoms with Crippen molar-refractivity contribution in [2.75, 3.05) is 7.11 Å². The zero-order valence-corrected chi connectivity index (χ0v) is 23.6. The van der Waals surface area contributed by atoms with E-state index >= 15 is 0 Å². The summed E-state index contributed by atoms with van der Waals surface area (Å²) in [7, 11) is -7.76. The van der Waals surface area contributed by atoms with Gasteiger partial charge in [0.05, 0.1) is 18.3 Å². The van der Waals surface area contributed by atoms with Gasteiger partial charge in [0.2, 0.25) is 10.0 Å². The number of fused-ring (bicyclic) bond motifs is 2. The average molecular weight is 565 g/mol. The highest BCUT2D eigenvalue weighted by atomic mass is 32.2. The smallest absolute Gasteiger partial charge is 0.328 e. The van der Waals surface area contributed by atoms with Crippen LogP contribution in [0.4, 0.5) is 0 Å². The molecule has 0 radical (unpaired) electrons. The van der Waals surface area contributed by atoms with Crippen LogP contribution in [0.25, 0.3) is 10.8 Å². The Bertz CT molecular complexity index is 1850. The molecule has 9 heteroatoms. The Morgan fingerprint density at radius 3 is 2.00 bits per heavy atom. The number of rotatable bonds is 5. The Morgan fingerprint density at radius 1 is 0.897 bits per heavy atom. The van der Waals surface area contributed by atoms with Crippen LogP contribution in [0.1, 0.15) is 35.8 Å². The molecule has 0 spiro atoms. The van der Waals surface area contributed by atoms with Crippen molar-refractivity contribution in [1.82, 2.24) is 4.31 Å². The van der Waals surface area contributed by atoms with Gasteiger partial charge in [-0.25, -0.2) is 21.6 Å². The Hall–Kier alpha value is -3.53. The lowest BCUT2D eigenvalue weighted by Gasteiger charge is -2.46. The molecule has 39 heavy (non-hydrogen) atoms. The van der Waals surface area contributed by atoms with Crippen molar-refractivity contribution in [1.29, 1.82) is 0 Å². The lowest BCUT2D eigenvalue weighted by molar-refractivity contribution is -0.152. The van der Waals surface area contributed by atoms with Crippen LogP contribution in [0.5, 0.6) is 0 Å². The fraction of sp³-hybridized carbons (Fsp3) is 0.233. The van der Waals surface area contributed by atoms with Gasteiger partial charge < -0.3 is 4.74 Å². The zero-order chi connectivity index (χ0) is 29.0. The van der Waals surface area contributed by atoms with Crippen molar-refractivity contribution in [2.24, 2.45) is 0 Å². The van der Waals surface area contributed by atoms with Gasteiger partial charge in [-0.2, -0.15) is 4.31 Å². The summed E-state index contributed by atoms with van der Waals surface area (Å²) in [6, 6.07) is 20.9. The van der Waals surface area contributed by atoms with Crippen LogP contribution in [0.2, 0.25) is 0 Å². The third kappa shape index (κ3) is 4.34. The van der Waals surface area contributed by atoms with Crippen LogP contribution in [-0.2, 0) is 35.9 Å². The molecule has 0 unspecified atom stereocenters. The number of esters is 1. The molecule has 0 fully saturated rings. The normalized spacial score (nSPS) is 20.3. The van der Waals surface area contributed by atoms with Gasteiger partial charge in [-0.15, -0.1) is 0 Å². The van der Waals surface area contributed by atoms with E-state index in [1.54, 1.807) is 54.6 Å². The number of hydrogen-bond donors (Lipinski definition) is 0. The second kappa shape index (κ2) is 9.59. The van der Waals surface area contributed by atoms with Crippen LogP contribution in [0, 0.1) is 13.8 Å². The quantitative estimate of drug-likeness (QED) is 0.313. The monoisotopic (exact) mass is 564 g/mol. The number of benzene rings is 4. The molecule has 2 atom stereocenters. The molecule has 0 aromatic heterocycles. The maximum atomic E-state index is 14.5. The van der Waals surface area contributed by atoms with Gasteiger partial charge in [0.15, 0.2) is 15.4 Å². The van der Waals surface area contributed by atoms with Gasteiger partial charge >= 0.3 is 5.97 Å². The Kier molecular flexibility index (Phi) is 6.32. The first-order valence-electron chi connectivity index (χ1n) is 12.8. The third-order valence-electron chi connectivity index (χ3n) is 7.39. The van der Waals surface area contributed by atoms with E-state index in [1.807, 2.05) is 13.8 Å². The average Bonchev–Trinajstić information content (AvgIpc) is 2.92. The standard InChI is InChI=1S/C30H29NO6S2/c1-20-9-13-25(14-10-20)38(33,34)28-27-18-23-8-6-5-7-22(23)17-24(27)19-31(30(28,3)29(32)37-4)39(35,36)26-15-11-21(2)12-16-26/h5-18,28H,19H2,1-4H3/t28-,30-/m1/s1/i17D. The summed E-state index contributed by atoms with van der Waals surface area (Å²) >= 11 is 0. The van der Waals surface area contributed by atoms with Crippen LogP contribution in [0.3, 0.4) is 0 Å². The molecule has 0 amide bonds. The maximum Gasteiger partial charge on any atom is 0.328 e. The zero-order valence-electron chi connectivity index (χ0n) is 23.0. The molecule has 4 aromatic carbocycles. The number of sulfone groups is 1. The summed E-state index contributed by atoms with van der Waals surface area (Å²) in [6.45, 7) is 4.54. The molecule has 1 heterocycles. The molecular formula is C30H29NO6S2. The van der Waals surface area contributed by atoms with E-state index in [0.29, 0.717) is 10.8 Å². The predicted molar refractivity (Wildman–Crippen MR) is 149 cm³/mol. The summed E-state index contributed by atoms with van der Waals surface area (Å²) in [5.41, 5.74) is -0.117. The van der Waals surface area contributed by atoms with E-state index in [4.69, 9.17) is 6.11 Å². The first kappa shape index (κ1) is 25.7. The van der Waals surface area contributed by atoms with E-state index in [2.05, 4.69) is 0 Å². The molecule has 1 aliphatic rings. The topological polar surface area (TPSA) is 97.8 Å². The minimum atomic E-state index is -4.45. The van der Waals surface area contributed by atoms with Crippen LogP contribution >= 0.6 is 0 Å². The first-order chi connectivity index (χ1) is 18.8. The number of aryl methyl sites for hydroxylation is 2. The Morgan fingerprint density at radius 2 is 1.44 bits per heavy atom. The van der Waals surface area contributed by atoms with Gasteiger partial charge in [0, 0.05) is 6.54 Å². The fourth-order valence-electron chi connectivity index (χ4n) is 5.25. The third-order valence-corrected chi connectivity index (χ3v) is 11.6. The number of sulfonamides is 1. The summed E-state index contributed by atoms with van der Waals surface area (Å²) in [5, 5.41) is -0.549. The largest absolute Gasteiger partial charge is 0.468 e. The molecule has 0 N–H and O–H groups in total. The molecule has 5 rings (SSSR count). The molecule has 1 aliphatic heterocycles. The maximum absolute atomic E-state index is 14.5. The van der Waals surface area contributed by atoms with Gasteiger partial charge in [0.1, 0.15) is 5.25 Å². The van der Waals surface area contributed by atoms with E-state index < -0.39 is 36.6 Å². The van der Waals surface area contributed by atoms with Crippen LogP contribution < -0.4 is 0 Å². The van der Waals surface area contributed by atoms with E-state index in [-0.39, 0.29) is 33.5 Å². The number of ether oxygens (including phenoxy) is 1. The molecule has 0 bridgehead atoms. The van der Waals surface area contributed by atoms with Gasteiger partial charge in [-0.05, 0) is 79.0 Å². The molecule has 7 nitrogen and oxygen atoms in total. The molecular weight excluding hydrogens is 534 g/mol. The van der Waals surface area contributed by atoms with Crippen molar-refractivity contribution in [2.45, 2.75) is 47.9 Å². The number of carbonyl (C=O) groups is 1. The first-order valence-corrected chi connectivity index (χ1v) is 15.3. The predicted octanol–water partition coefficient (Wildman–Crippen LogP) is 5.11. The number of methoxy groups -OCH3 is 1. The van der Waals surface area contributed by atoms with Crippen molar-refractivity contribution >= 4 is 36.6 Å². The molecule has 0 saturated heterocycles. The van der Waals surface area contributed by atoms with Crippen molar-refractivity contribution in [3.05, 3.63) is 107 Å². The van der Waals surface area contributed by atoms with Gasteiger partial charge in [0.25, 0.3) is 0 Å². The summed E-state index contributed by atoms with van der Waals surface area (Å²) in [5.74, 6) is -1.02. The van der Waals surface area contributed by atoms with E-state index in [1.165, 1.54) is 31.2 Å². The second-order valence-corrected chi connectivity index (χ2v) is 13.9. The fourth-order valence-corrected chi connectivity index (χ4v) is 9.19. The summed E-state index contributed by atoms with van der Waals surface area (Å²) in [4.78, 5) is 13.5. The lowest BCUT2D eigenvalue weighted by Crippen LogP contribution is -2.62. The molecule has 4 aromatic rings. The molecule has 0 saturated carbocycles. The second-order valence-electron chi connectivity index (χ2n) is 9.99. The minimum absolute atomic E-state index is 0.00762. The Balaban J connectivity index is 1.89. The van der Waals surface area contributed by atoms with Crippen molar-refractivity contribution < 1.29 is 27.7 Å². The minimum Gasteiger partial charge on any atom is -0.468 e. The summed E-state index contributed by atoms with van der Waals surface area (Å²) in [6.07, 6.45) is 0. The number of nitrogens with zero attached hydrogens (tertiary/aromatic N) is 1. The summed E-state index contributed by atoms with van der Waals surface area (Å²) < 4.78 is 72.5. The van der Waals surface area contributed by atoms with Crippen molar-refractivity contribution in [3.8, 4) is 0 Å². The molecule has 0 aliphatic carbocycles. The Labute approximate surface area is 230 Å². The van der Waals surface area contributed by atoms with Crippen molar-refractivity contribution in [3.63, 3.8) is 0 Å². The van der Waals surface area contributed by atoms with Crippen LogP contribution in [-0.4, -0.2) is 39.8 Å². The lowest BCUT2D eigenvalue weighted by atomic mass is 9.84. The van der Waals surface area contributed by atoms with Gasteiger partial charge in [-0.3, -0.25) is 0 Å². The number of hydrogen-bond acceptors (Lipinski definition) is 6. The SMILES string of the molecule is [2H]c1c2c(cc3ccccc13)[C@@H](S(=O)(=O)c1ccc(C)cc1)[C@](C)(C(=O)OC)N(S(=O)(=O)c1ccc(C)cc1)C2. The van der Waals surface area contributed by atoms with Gasteiger partial charge in [-0.1, -0.05) is 59.7 Å². The highest BCUT2D eigenvalue weighted by molar-refractivity contribution is 7.92.